The molecule has 0 aliphatic carbocycles. The number of benzene rings is 1. The Labute approximate surface area is 183 Å². The summed E-state index contributed by atoms with van der Waals surface area (Å²) in [6, 6.07) is 8.96. The fraction of sp³-hybridized carbons (Fsp3) is 0.522. The topological polar surface area (TPSA) is 58.1 Å². The molecule has 6 nitrogen and oxygen atoms in total. The van der Waals surface area contributed by atoms with Crippen LogP contribution in [-0.2, 0) is 13.0 Å². The van der Waals surface area contributed by atoms with Crippen LogP contribution < -0.4 is 25.0 Å². The number of aliphatic imine (C=N–C) groups is 1. The van der Waals surface area contributed by atoms with E-state index in [0.717, 1.165) is 61.9 Å². The van der Waals surface area contributed by atoms with Gasteiger partial charge in [0.2, 0.25) is 0 Å². The summed E-state index contributed by atoms with van der Waals surface area (Å²) in [5, 5.41) is 10.5. The summed E-state index contributed by atoms with van der Waals surface area (Å²) in [6.07, 6.45) is 3.37. The normalized spacial score (nSPS) is 19.4. The van der Waals surface area contributed by atoms with Crippen LogP contribution in [0, 0.1) is 0 Å². The number of nitrogens with one attached hydrogen (secondary N) is 2. The van der Waals surface area contributed by atoms with Gasteiger partial charge in [-0.15, -0.1) is 11.3 Å². The second-order valence-electron chi connectivity index (χ2n) is 7.96. The van der Waals surface area contributed by atoms with Crippen molar-refractivity contribution in [2.45, 2.75) is 51.8 Å². The molecule has 2 N–H and O–H groups in total. The molecule has 2 aliphatic heterocycles. The summed E-state index contributed by atoms with van der Waals surface area (Å²) < 4.78 is 11.5. The largest absolute Gasteiger partial charge is 0.496 e. The molecule has 1 aromatic heterocycles. The molecule has 1 atom stereocenters. The van der Waals surface area contributed by atoms with E-state index in [1.807, 2.05) is 11.3 Å². The number of nitrogens with zero attached hydrogens (tertiary/aromatic N) is 2. The molecule has 4 rings (SSSR count). The van der Waals surface area contributed by atoms with Gasteiger partial charge in [-0.2, -0.15) is 0 Å². The average molecular weight is 429 g/mol. The van der Waals surface area contributed by atoms with E-state index in [1.54, 1.807) is 7.11 Å². The Hall–Kier alpha value is -2.41. The lowest BCUT2D eigenvalue weighted by molar-refractivity contribution is 0.254. The molecule has 30 heavy (non-hydrogen) atoms. The van der Waals surface area contributed by atoms with E-state index in [4.69, 9.17) is 14.5 Å². The Morgan fingerprint density at radius 3 is 2.87 bits per heavy atom. The molecule has 2 aromatic rings. The van der Waals surface area contributed by atoms with Crippen molar-refractivity contribution < 1.29 is 9.47 Å². The molecule has 0 bridgehead atoms. The maximum atomic E-state index is 5.92. The zero-order valence-electron chi connectivity index (χ0n) is 18.1. The highest BCUT2D eigenvalue weighted by molar-refractivity contribution is 7.14. The number of rotatable bonds is 6. The zero-order chi connectivity index (χ0) is 20.9. The third kappa shape index (κ3) is 4.83. The van der Waals surface area contributed by atoms with Crippen molar-refractivity contribution in [3.63, 3.8) is 0 Å². The van der Waals surface area contributed by atoms with Gasteiger partial charge < -0.3 is 25.0 Å². The van der Waals surface area contributed by atoms with Crippen LogP contribution in [0.3, 0.4) is 0 Å². The van der Waals surface area contributed by atoms with Crippen LogP contribution in [0.25, 0.3) is 0 Å². The highest BCUT2D eigenvalue weighted by atomic mass is 32.1. The number of hydrogen-bond acceptors (Lipinski definition) is 5. The average Bonchev–Trinajstić information content (AvgIpc) is 3.40. The molecule has 162 valence electrons. The minimum atomic E-state index is 0.225. The van der Waals surface area contributed by atoms with Crippen LogP contribution in [0.1, 0.15) is 37.8 Å². The Balaban J connectivity index is 1.39. The van der Waals surface area contributed by atoms with Crippen LogP contribution in [0.15, 0.2) is 34.6 Å². The molecule has 0 saturated carbocycles. The fourth-order valence-corrected chi connectivity index (χ4v) is 4.95. The molecule has 3 heterocycles. The van der Waals surface area contributed by atoms with Crippen molar-refractivity contribution in [2.24, 2.45) is 4.99 Å². The standard InChI is InChI=1S/C23H32N4O2S/c1-4-24-23(26-19-7-9-27(10-8-19)22-6-5-11-30-22)25-15-18-14-21-17(12-16(2)29-21)13-20(18)28-3/h5-6,11,13-14,16,19H,4,7-10,12,15H2,1-3H3,(H2,24,25,26). The first-order chi connectivity index (χ1) is 14.7. The van der Waals surface area contributed by atoms with Gasteiger partial charge in [0.05, 0.1) is 18.7 Å². The fourth-order valence-electron chi connectivity index (χ4n) is 4.17. The van der Waals surface area contributed by atoms with E-state index in [2.05, 4.69) is 59.0 Å². The lowest BCUT2D eigenvalue weighted by Crippen LogP contribution is -2.48. The Kier molecular flexibility index (Phi) is 6.67. The van der Waals surface area contributed by atoms with E-state index in [9.17, 15) is 0 Å². The van der Waals surface area contributed by atoms with E-state index < -0.39 is 0 Å². The Bertz CT molecular complexity index is 860. The highest BCUT2D eigenvalue weighted by Gasteiger charge is 2.23. The lowest BCUT2D eigenvalue weighted by atomic mass is 10.1. The summed E-state index contributed by atoms with van der Waals surface area (Å²) in [6.45, 7) is 7.74. The zero-order valence-corrected chi connectivity index (χ0v) is 18.9. The van der Waals surface area contributed by atoms with Gasteiger partial charge in [0.15, 0.2) is 5.96 Å². The summed E-state index contributed by atoms with van der Waals surface area (Å²) in [4.78, 5) is 7.32. The third-order valence-electron chi connectivity index (χ3n) is 5.70. The number of thiophene rings is 1. The van der Waals surface area contributed by atoms with Gasteiger partial charge in [0, 0.05) is 43.2 Å². The maximum Gasteiger partial charge on any atom is 0.191 e. The van der Waals surface area contributed by atoms with Gasteiger partial charge in [-0.05, 0) is 56.3 Å². The molecule has 7 heteroatoms. The number of fused-ring (bicyclic) bond motifs is 1. The van der Waals surface area contributed by atoms with Crippen molar-refractivity contribution in [1.82, 2.24) is 10.6 Å². The highest BCUT2D eigenvalue weighted by Crippen LogP contribution is 2.35. The predicted molar refractivity (Wildman–Crippen MR) is 124 cm³/mol. The molecule has 1 fully saturated rings. The van der Waals surface area contributed by atoms with E-state index in [-0.39, 0.29) is 6.10 Å². The van der Waals surface area contributed by atoms with Gasteiger partial charge in [-0.25, -0.2) is 4.99 Å². The van der Waals surface area contributed by atoms with Gasteiger partial charge in [-0.3, -0.25) is 0 Å². The number of piperidine rings is 1. The summed E-state index contributed by atoms with van der Waals surface area (Å²) in [5.74, 6) is 2.71. The molecule has 1 unspecified atom stereocenters. The molecule has 1 saturated heterocycles. The Morgan fingerprint density at radius 1 is 1.33 bits per heavy atom. The monoisotopic (exact) mass is 428 g/mol. The number of hydrogen-bond donors (Lipinski definition) is 2. The van der Waals surface area contributed by atoms with E-state index >= 15 is 0 Å². The maximum absolute atomic E-state index is 5.92. The number of ether oxygens (including phenoxy) is 2. The first-order valence-electron chi connectivity index (χ1n) is 10.9. The van der Waals surface area contributed by atoms with Crippen molar-refractivity contribution in [3.8, 4) is 11.5 Å². The lowest BCUT2D eigenvalue weighted by Gasteiger charge is -2.33. The Morgan fingerprint density at radius 2 is 2.17 bits per heavy atom. The SMILES string of the molecule is CCNC(=NCc1cc2c(cc1OC)CC(C)O2)NC1CCN(c2cccs2)CC1. The van der Waals surface area contributed by atoms with Crippen LogP contribution in [-0.4, -0.2) is 44.8 Å². The van der Waals surface area contributed by atoms with Crippen molar-refractivity contribution in [2.75, 3.05) is 31.6 Å². The van der Waals surface area contributed by atoms with Gasteiger partial charge >= 0.3 is 0 Å². The number of anilines is 1. The number of methoxy groups -OCH3 is 1. The van der Waals surface area contributed by atoms with Gasteiger partial charge in [0.25, 0.3) is 0 Å². The quantitative estimate of drug-likeness (QED) is 0.541. The van der Waals surface area contributed by atoms with E-state index in [0.29, 0.717) is 12.6 Å². The van der Waals surface area contributed by atoms with Gasteiger partial charge in [0.1, 0.15) is 17.6 Å². The van der Waals surface area contributed by atoms with Crippen LogP contribution in [0.2, 0.25) is 0 Å². The predicted octanol–water partition coefficient (Wildman–Crippen LogP) is 3.80. The molecule has 2 aliphatic rings. The van der Waals surface area contributed by atoms with Crippen LogP contribution in [0.5, 0.6) is 11.5 Å². The number of guanidine groups is 1. The first kappa shape index (κ1) is 20.8. The molecular weight excluding hydrogens is 396 g/mol. The second-order valence-corrected chi connectivity index (χ2v) is 8.88. The van der Waals surface area contributed by atoms with E-state index in [1.165, 1.54) is 10.6 Å². The molecule has 0 spiro atoms. The van der Waals surface area contributed by atoms with Crippen molar-refractivity contribution in [3.05, 3.63) is 40.8 Å². The van der Waals surface area contributed by atoms with Crippen LogP contribution >= 0.6 is 11.3 Å². The van der Waals surface area contributed by atoms with Gasteiger partial charge in [-0.1, -0.05) is 0 Å². The third-order valence-corrected chi connectivity index (χ3v) is 6.63. The summed E-state index contributed by atoms with van der Waals surface area (Å²) in [5.41, 5.74) is 2.27. The summed E-state index contributed by atoms with van der Waals surface area (Å²) >= 11 is 1.82. The molecule has 0 amide bonds. The van der Waals surface area contributed by atoms with Crippen LogP contribution in [0.4, 0.5) is 5.00 Å². The minimum absolute atomic E-state index is 0.225. The van der Waals surface area contributed by atoms with Crippen molar-refractivity contribution in [1.29, 1.82) is 0 Å². The first-order valence-corrected chi connectivity index (χ1v) is 11.7. The minimum Gasteiger partial charge on any atom is -0.496 e. The molecule has 1 aromatic carbocycles. The van der Waals surface area contributed by atoms with Crippen molar-refractivity contribution >= 4 is 22.3 Å². The molecular formula is C23H32N4O2S. The molecule has 0 radical (unpaired) electrons. The smallest absolute Gasteiger partial charge is 0.191 e. The second kappa shape index (κ2) is 9.60. The summed E-state index contributed by atoms with van der Waals surface area (Å²) in [7, 11) is 1.72.